The van der Waals surface area contributed by atoms with E-state index in [-0.39, 0.29) is 24.4 Å². The number of carbonyl (C=O) groups is 1. The lowest BCUT2D eigenvalue weighted by molar-refractivity contribution is -0.122. The van der Waals surface area contributed by atoms with E-state index in [9.17, 15) is 4.79 Å². The van der Waals surface area contributed by atoms with E-state index in [1.165, 1.54) is 17.5 Å². The highest BCUT2D eigenvalue weighted by atomic mass is 35.5. The summed E-state index contributed by atoms with van der Waals surface area (Å²) >= 11 is 0. The first-order valence-electron chi connectivity index (χ1n) is 8.69. The van der Waals surface area contributed by atoms with Gasteiger partial charge in [-0.2, -0.15) is 0 Å². The molecular formula is C19H31ClN2O. The molecule has 0 bridgehead atoms. The molecule has 2 N–H and O–H groups in total. The molecule has 1 fully saturated rings. The Morgan fingerprint density at radius 1 is 1.30 bits per heavy atom. The molecule has 130 valence electrons. The minimum Gasteiger partial charge on any atom is -0.349 e. The van der Waals surface area contributed by atoms with Gasteiger partial charge in [0.05, 0.1) is 6.04 Å². The van der Waals surface area contributed by atoms with Gasteiger partial charge in [-0.25, -0.2) is 0 Å². The van der Waals surface area contributed by atoms with Crippen LogP contribution in [0, 0.1) is 11.8 Å². The van der Waals surface area contributed by atoms with E-state index in [0.29, 0.717) is 18.3 Å². The van der Waals surface area contributed by atoms with E-state index >= 15 is 0 Å². The molecule has 2 atom stereocenters. The van der Waals surface area contributed by atoms with Gasteiger partial charge in [-0.05, 0) is 55.3 Å². The van der Waals surface area contributed by atoms with Crippen LogP contribution >= 0.6 is 12.4 Å². The number of halogens is 1. The number of benzene rings is 1. The summed E-state index contributed by atoms with van der Waals surface area (Å²) in [7, 11) is 0. The number of aryl methyl sites for hydroxylation is 1. The van der Waals surface area contributed by atoms with E-state index in [2.05, 4.69) is 55.7 Å². The highest BCUT2D eigenvalue weighted by Gasteiger charge is 2.20. The molecule has 2 rings (SSSR count). The summed E-state index contributed by atoms with van der Waals surface area (Å²) in [4.78, 5) is 12.3. The number of nitrogens with one attached hydrogen (secondary N) is 2. The molecule has 0 saturated carbocycles. The average Bonchev–Trinajstić information content (AvgIpc) is 3.04. The van der Waals surface area contributed by atoms with Gasteiger partial charge in [0.1, 0.15) is 0 Å². The molecule has 1 saturated heterocycles. The summed E-state index contributed by atoms with van der Waals surface area (Å²) in [5.74, 6) is 1.25. The van der Waals surface area contributed by atoms with Crippen LogP contribution in [0.1, 0.15) is 57.2 Å². The zero-order chi connectivity index (χ0) is 15.9. The van der Waals surface area contributed by atoms with Crippen molar-refractivity contribution in [3.8, 4) is 0 Å². The SMILES string of the molecule is CCc1ccc(C(NC(=O)CCC2CCNC2)C(C)C)cc1.Cl. The van der Waals surface area contributed by atoms with Crippen molar-refractivity contribution in [3.05, 3.63) is 35.4 Å². The van der Waals surface area contributed by atoms with Crippen molar-refractivity contribution in [1.29, 1.82) is 0 Å². The maximum absolute atomic E-state index is 12.3. The summed E-state index contributed by atoms with van der Waals surface area (Å²) in [5.41, 5.74) is 2.55. The van der Waals surface area contributed by atoms with Gasteiger partial charge in [0.15, 0.2) is 0 Å². The maximum Gasteiger partial charge on any atom is 0.220 e. The molecule has 0 radical (unpaired) electrons. The van der Waals surface area contributed by atoms with Crippen LogP contribution in [0.5, 0.6) is 0 Å². The second-order valence-corrected chi connectivity index (χ2v) is 6.78. The molecule has 23 heavy (non-hydrogen) atoms. The van der Waals surface area contributed by atoms with Crippen LogP contribution in [0.15, 0.2) is 24.3 Å². The highest BCUT2D eigenvalue weighted by molar-refractivity contribution is 5.85. The Hall–Kier alpha value is -1.06. The Balaban J connectivity index is 0.00000264. The minimum absolute atomic E-state index is 0. The molecule has 1 aromatic carbocycles. The highest BCUT2D eigenvalue weighted by Crippen LogP contribution is 2.23. The first kappa shape index (κ1) is 20.0. The second kappa shape index (κ2) is 9.94. The monoisotopic (exact) mass is 338 g/mol. The smallest absolute Gasteiger partial charge is 0.220 e. The number of amides is 1. The molecule has 0 aliphatic carbocycles. The Morgan fingerprint density at radius 3 is 2.52 bits per heavy atom. The van der Waals surface area contributed by atoms with Crippen molar-refractivity contribution in [2.45, 2.75) is 52.5 Å². The van der Waals surface area contributed by atoms with Crippen molar-refractivity contribution in [3.63, 3.8) is 0 Å². The first-order valence-corrected chi connectivity index (χ1v) is 8.69. The molecule has 1 aliphatic heterocycles. The van der Waals surface area contributed by atoms with Gasteiger partial charge < -0.3 is 10.6 Å². The average molecular weight is 339 g/mol. The summed E-state index contributed by atoms with van der Waals surface area (Å²) in [6, 6.07) is 8.76. The zero-order valence-electron chi connectivity index (χ0n) is 14.6. The fourth-order valence-corrected chi connectivity index (χ4v) is 3.14. The molecule has 2 unspecified atom stereocenters. The van der Waals surface area contributed by atoms with Gasteiger partial charge >= 0.3 is 0 Å². The lowest BCUT2D eigenvalue weighted by atomic mass is 9.94. The molecule has 1 amide bonds. The molecule has 0 spiro atoms. The number of rotatable bonds is 7. The van der Waals surface area contributed by atoms with Gasteiger partial charge in [-0.1, -0.05) is 45.0 Å². The van der Waals surface area contributed by atoms with Crippen molar-refractivity contribution in [1.82, 2.24) is 10.6 Å². The summed E-state index contributed by atoms with van der Waals surface area (Å²) in [6.07, 6.45) is 3.90. The maximum atomic E-state index is 12.3. The van der Waals surface area contributed by atoms with E-state index in [1.54, 1.807) is 0 Å². The summed E-state index contributed by atoms with van der Waals surface area (Å²) in [5, 5.41) is 6.59. The predicted molar refractivity (Wildman–Crippen MR) is 99.0 cm³/mol. The van der Waals surface area contributed by atoms with Crippen molar-refractivity contribution < 1.29 is 4.79 Å². The van der Waals surface area contributed by atoms with Crippen molar-refractivity contribution in [2.24, 2.45) is 11.8 Å². The molecule has 3 nitrogen and oxygen atoms in total. The number of hydrogen-bond acceptors (Lipinski definition) is 2. The zero-order valence-corrected chi connectivity index (χ0v) is 15.4. The van der Waals surface area contributed by atoms with Crippen LogP contribution in [0.25, 0.3) is 0 Å². The Labute approximate surface area is 147 Å². The van der Waals surface area contributed by atoms with Crippen LogP contribution < -0.4 is 10.6 Å². The quantitative estimate of drug-likeness (QED) is 0.792. The first-order chi connectivity index (χ1) is 10.6. The van der Waals surface area contributed by atoms with Crippen molar-refractivity contribution >= 4 is 18.3 Å². The van der Waals surface area contributed by atoms with Crippen molar-refractivity contribution in [2.75, 3.05) is 13.1 Å². The van der Waals surface area contributed by atoms with Crippen LogP contribution in [0.3, 0.4) is 0 Å². The molecule has 0 aromatic heterocycles. The van der Waals surface area contributed by atoms with E-state index in [1.807, 2.05) is 0 Å². The fourth-order valence-electron chi connectivity index (χ4n) is 3.14. The Kier molecular flexibility index (Phi) is 8.64. The van der Waals surface area contributed by atoms with Gasteiger partial charge in [0.2, 0.25) is 5.91 Å². The lowest BCUT2D eigenvalue weighted by Gasteiger charge is -2.23. The van der Waals surface area contributed by atoms with Gasteiger partial charge in [0, 0.05) is 6.42 Å². The lowest BCUT2D eigenvalue weighted by Crippen LogP contribution is -2.32. The molecule has 1 aromatic rings. The third-order valence-electron chi connectivity index (χ3n) is 4.67. The van der Waals surface area contributed by atoms with E-state index in [4.69, 9.17) is 0 Å². The molecular weight excluding hydrogens is 308 g/mol. The van der Waals surface area contributed by atoms with Gasteiger partial charge in [-0.3, -0.25) is 4.79 Å². The normalized spacial score (nSPS) is 18.5. The summed E-state index contributed by atoms with van der Waals surface area (Å²) < 4.78 is 0. The molecule has 4 heteroatoms. The van der Waals surface area contributed by atoms with Crippen LogP contribution in [0.2, 0.25) is 0 Å². The topological polar surface area (TPSA) is 41.1 Å². The Bertz CT molecular complexity index is 467. The molecule has 1 heterocycles. The summed E-state index contributed by atoms with van der Waals surface area (Å²) in [6.45, 7) is 8.66. The standard InChI is InChI=1S/C19H30N2O.ClH/c1-4-15-5-8-17(9-6-15)19(14(2)3)21-18(22)10-7-16-11-12-20-13-16;/h5-6,8-9,14,16,19-20H,4,7,10-13H2,1-3H3,(H,21,22);1H. The third kappa shape index (κ3) is 6.15. The second-order valence-electron chi connectivity index (χ2n) is 6.78. The fraction of sp³-hybridized carbons (Fsp3) is 0.632. The largest absolute Gasteiger partial charge is 0.349 e. The minimum atomic E-state index is 0. The predicted octanol–water partition coefficient (Wildman–Crippen LogP) is 3.87. The Morgan fingerprint density at radius 2 is 2.00 bits per heavy atom. The van der Waals surface area contributed by atoms with Gasteiger partial charge in [-0.15, -0.1) is 12.4 Å². The van der Waals surface area contributed by atoms with E-state index in [0.717, 1.165) is 25.9 Å². The van der Waals surface area contributed by atoms with Crippen LogP contribution in [0.4, 0.5) is 0 Å². The molecule has 1 aliphatic rings. The van der Waals surface area contributed by atoms with Crippen LogP contribution in [-0.2, 0) is 11.2 Å². The van der Waals surface area contributed by atoms with Gasteiger partial charge in [0.25, 0.3) is 0 Å². The number of hydrogen-bond donors (Lipinski definition) is 2. The van der Waals surface area contributed by atoms with Crippen LogP contribution in [-0.4, -0.2) is 19.0 Å². The van der Waals surface area contributed by atoms with E-state index < -0.39 is 0 Å². The number of carbonyl (C=O) groups excluding carboxylic acids is 1. The third-order valence-corrected chi connectivity index (χ3v) is 4.67.